The van der Waals surface area contributed by atoms with Crippen LogP contribution in [-0.2, 0) is 6.54 Å². The molecule has 0 bridgehead atoms. The molecule has 2 aromatic heterocycles. The number of pyridine rings is 1. The van der Waals surface area contributed by atoms with Gasteiger partial charge in [0.25, 0.3) is 0 Å². The highest BCUT2D eigenvalue weighted by Gasteiger charge is 2.07. The Morgan fingerprint density at radius 2 is 2.10 bits per heavy atom. The van der Waals surface area contributed by atoms with Crippen molar-refractivity contribution in [2.75, 3.05) is 0 Å². The lowest BCUT2D eigenvalue weighted by Crippen LogP contribution is -2.03. The summed E-state index contributed by atoms with van der Waals surface area (Å²) in [6.45, 7) is 0.549. The summed E-state index contributed by atoms with van der Waals surface area (Å²) in [7, 11) is 0. The van der Waals surface area contributed by atoms with Crippen molar-refractivity contribution in [1.82, 2.24) is 9.55 Å². The number of para-hydroxylation sites is 1. The van der Waals surface area contributed by atoms with Gasteiger partial charge in [-0.3, -0.25) is 4.98 Å². The summed E-state index contributed by atoms with van der Waals surface area (Å²) in [5.74, 6) is -0.974. The van der Waals surface area contributed by atoms with Gasteiger partial charge < -0.3 is 9.67 Å². The Labute approximate surface area is 120 Å². The predicted octanol–water partition coefficient (Wildman–Crippen LogP) is 3.44. The number of aromatic nitrogens is 2. The fraction of sp³-hybridized carbons (Fsp3) is 0.0667. The molecule has 0 aliphatic heterocycles. The Kier molecular flexibility index (Phi) is 3.16. The maximum absolute atomic E-state index is 10.8. The van der Waals surface area contributed by atoms with E-state index >= 15 is 0 Å². The van der Waals surface area contributed by atoms with Gasteiger partial charge in [-0.05, 0) is 24.3 Å². The normalized spacial score (nSPS) is 10.8. The number of aromatic carboxylic acids is 1. The number of halogens is 1. The van der Waals surface area contributed by atoms with Crippen molar-refractivity contribution in [2.24, 2.45) is 0 Å². The van der Waals surface area contributed by atoms with Gasteiger partial charge in [0, 0.05) is 17.8 Å². The van der Waals surface area contributed by atoms with E-state index in [4.69, 9.17) is 16.7 Å². The molecule has 0 atom stereocenters. The molecule has 0 spiro atoms. The first kappa shape index (κ1) is 12.7. The van der Waals surface area contributed by atoms with Gasteiger partial charge in [-0.1, -0.05) is 23.7 Å². The van der Waals surface area contributed by atoms with E-state index in [1.54, 1.807) is 12.1 Å². The van der Waals surface area contributed by atoms with Crippen molar-refractivity contribution in [3.05, 3.63) is 65.1 Å². The van der Waals surface area contributed by atoms with Crippen molar-refractivity contribution < 1.29 is 9.90 Å². The van der Waals surface area contributed by atoms with Crippen LogP contribution >= 0.6 is 11.6 Å². The molecule has 1 aromatic carbocycles. The van der Waals surface area contributed by atoms with E-state index in [0.29, 0.717) is 11.6 Å². The van der Waals surface area contributed by atoms with Crippen LogP contribution in [0.15, 0.2) is 48.8 Å². The minimum Gasteiger partial charge on any atom is -0.478 e. The first-order valence-corrected chi connectivity index (χ1v) is 6.44. The number of fused-ring (bicyclic) bond motifs is 1. The Morgan fingerprint density at radius 1 is 1.25 bits per heavy atom. The van der Waals surface area contributed by atoms with Crippen LogP contribution in [0, 0.1) is 0 Å². The first-order chi connectivity index (χ1) is 9.65. The van der Waals surface area contributed by atoms with Crippen molar-refractivity contribution in [3.8, 4) is 0 Å². The van der Waals surface area contributed by atoms with E-state index in [2.05, 4.69) is 4.98 Å². The molecule has 5 heteroatoms. The van der Waals surface area contributed by atoms with E-state index in [1.807, 2.05) is 35.0 Å². The van der Waals surface area contributed by atoms with Crippen LogP contribution in [0.2, 0.25) is 5.02 Å². The zero-order chi connectivity index (χ0) is 14.1. The topological polar surface area (TPSA) is 55.1 Å². The molecular formula is C15H11ClN2O2. The largest absolute Gasteiger partial charge is 0.478 e. The maximum Gasteiger partial charge on any atom is 0.337 e. The fourth-order valence-electron chi connectivity index (χ4n) is 2.17. The number of hydrogen-bond acceptors (Lipinski definition) is 2. The molecule has 0 amide bonds. The van der Waals surface area contributed by atoms with Crippen LogP contribution in [0.3, 0.4) is 0 Å². The summed E-state index contributed by atoms with van der Waals surface area (Å²) in [6, 6.07) is 11.0. The number of rotatable bonds is 3. The van der Waals surface area contributed by atoms with Crippen molar-refractivity contribution in [3.63, 3.8) is 0 Å². The standard InChI is InChI=1S/C15H11ClN2O2/c16-13-3-1-2-10-6-7-18(14(10)13)9-12-5-4-11(8-17-12)15(19)20/h1-8H,9H2,(H,19,20). The lowest BCUT2D eigenvalue weighted by Gasteiger charge is -2.06. The Hall–Kier alpha value is -2.33. The van der Waals surface area contributed by atoms with Crippen molar-refractivity contribution >= 4 is 28.5 Å². The molecule has 3 rings (SSSR count). The highest BCUT2D eigenvalue weighted by Crippen LogP contribution is 2.24. The minimum absolute atomic E-state index is 0.184. The Balaban J connectivity index is 1.95. The van der Waals surface area contributed by atoms with Crippen LogP contribution in [-0.4, -0.2) is 20.6 Å². The van der Waals surface area contributed by atoms with Crippen molar-refractivity contribution in [2.45, 2.75) is 6.54 Å². The smallest absolute Gasteiger partial charge is 0.337 e. The second kappa shape index (κ2) is 4.98. The van der Waals surface area contributed by atoms with Crippen LogP contribution in [0.25, 0.3) is 10.9 Å². The molecule has 1 N–H and O–H groups in total. The molecule has 3 aromatic rings. The van der Waals surface area contributed by atoms with Gasteiger partial charge in [-0.25, -0.2) is 4.79 Å². The summed E-state index contributed by atoms with van der Waals surface area (Å²) in [6.07, 6.45) is 3.31. The molecule has 0 aliphatic carbocycles. The van der Waals surface area contributed by atoms with Crippen LogP contribution < -0.4 is 0 Å². The van der Waals surface area contributed by atoms with E-state index in [-0.39, 0.29) is 5.56 Å². The van der Waals surface area contributed by atoms with Crippen LogP contribution in [0.1, 0.15) is 16.1 Å². The molecule has 20 heavy (non-hydrogen) atoms. The number of carbonyl (C=O) groups is 1. The number of carboxylic acid groups (broad SMARTS) is 1. The summed E-state index contributed by atoms with van der Waals surface area (Å²) in [5, 5.41) is 10.6. The molecule has 4 nitrogen and oxygen atoms in total. The zero-order valence-corrected chi connectivity index (χ0v) is 11.2. The third-order valence-electron chi connectivity index (χ3n) is 3.14. The molecule has 2 heterocycles. The summed E-state index contributed by atoms with van der Waals surface area (Å²) in [4.78, 5) is 15.0. The second-order valence-electron chi connectivity index (χ2n) is 4.46. The maximum atomic E-state index is 10.8. The van der Waals surface area contributed by atoms with Gasteiger partial charge in [0.1, 0.15) is 0 Å². The van der Waals surface area contributed by atoms with Crippen molar-refractivity contribution in [1.29, 1.82) is 0 Å². The molecule has 100 valence electrons. The Morgan fingerprint density at radius 3 is 2.80 bits per heavy atom. The highest BCUT2D eigenvalue weighted by molar-refractivity contribution is 6.35. The number of nitrogens with zero attached hydrogens (tertiary/aromatic N) is 2. The molecule has 0 aliphatic rings. The monoisotopic (exact) mass is 286 g/mol. The van der Waals surface area contributed by atoms with Gasteiger partial charge in [0.05, 0.1) is 28.3 Å². The van der Waals surface area contributed by atoms with E-state index in [0.717, 1.165) is 16.6 Å². The number of benzene rings is 1. The molecule has 0 fully saturated rings. The molecule has 0 unspecified atom stereocenters. The molecule has 0 saturated carbocycles. The number of carboxylic acids is 1. The number of hydrogen-bond donors (Lipinski definition) is 1. The van der Waals surface area contributed by atoms with Gasteiger partial charge in [-0.2, -0.15) is 0 Å². The van der Waals surface area contributed by atoms with Crippen LogP contribution in [0.4, 0.5) is 0 Å². The lowest BCUT2D eigenvalue weighted by molar-refractivity contribution is 0.0696. The molecule has 0 saturated heterocycles. The van der Waals surface area contributed by atoms with Gasteiger partial charge in [0.2, 0.25) is 0 Å². The quantitative estimate of drug-likeness (QED) is 0.802. The van der Waals surface area contributed by atoms with E-state index in [9.17, 15) is 4.79 Å². The first-order valence-electron chi connectivity index (χ1n) is 6.07. The SMILES string of the molecule is O=C(O)c1ccc(Cn2ccc3cccc(Cl)c32)nc1. The molecular weight excluding hydrogens is 276 g/mol. The Bertz CT molecular complexity index is 778. The summed E-state index contributed by atoms with van der Waals surface area (Å²) >= 11 is 6.22. The van der Waals surface area contributed by atoms with Crippen LogP contribution in [0.5, 0.6) is 0 Å². The van der Waals surface area contributed by atoms with Gasteiger partial charge in [-0.15, -0.1) is 0 Å². The fourth-order valence-corrected chi connectivity index (χ4v) is 2.46. The average molecular weight is 287 g/mol. The average Bonchev–Trinajstić information content (AvgIpc) is 2.84. The predicted molar refractivity (Wildman–Crippen MR) is 77.2 cm³/mol. The summed E-state index contributed by atoms with van der Waals surface area (Å²) in [5.41, 5.74) is 1.93. The molecule has 0 radical (unpaired) electrons. The van der Waals surface area contributed by atoms with Gasteiger partial charge in [0.15, 0.2) is 0 Å². The van der Waals surface area contributed by atoms with E-state index < -0.39 is 5.97 Å². The highest BCUT2D eigenvalue weighted by atomic mass is 35.5. The lowest BCUT2D eigenvalue weighted by atomic mass is 10.2. The third-order valence-corrected chi connectivity index (χ3v) is 3.45. The van der Waals surface area contributed by atoms with Gasteiger partial charge >= 0.3 is 5.97 Å². The van der Waals surface area contributed by atoms with E-state index in [1.165, 1.54) is 6.20 Å². The minimum atomic E-state index is -0.974. The summed E-state index contributed by atoms with van der Waals surface area (Å²) < 4.78 is 2.00. The third kappa shape index (κ3) is 2.26. The zero-order valence-electron chi connectivity index (χ0n) is 10.5. The second-order valence-corrected chi connectivity index (χ2v) is 4.87.